The lowest BCUT2D eigenvalue weighted by atomic mass is 9.90. The van der Waals surface area contributed by atoms with Crippen LogP contribution in [0.5, 0.6) is 0 Å². The van der Waals surface area contributed by atoms with Crippen molar-refractivity contribution in [2.24, 2.45) is 5.41 Å². The van der Waals surface area contributed by atoms with Gasteiger partial charge in [0.05, 0.1) is 0 Å². The SMILES string of the molecule is CC(C)(C)C(=O)/C=C(\O)c1nccnc1C(=O)O. The number of rotatable bonds is 3. The molecule has 0 radical (unpaired) electrons. The zero-order valence-electron chi connectivity index (χ0n) is 10.3. The summed E-state index contributed by atoms with van der Waals surface area (Å²) in [4.78, 5) is 29.9. The molecule has 1 aromatic rings. The maximum Gasteiger partial charge on any atom is 0.356 e. The number of hydrogen-bond donors (Lipinski definition) is 2. The average molecular weight is 250 g/mol. The molecule has 0 aliphatic heterocycles. The fourth-order valence-corrected chi connectivity index (χ4v) is 1.09. The second-order valence-electron chi connectivity index (χ2n) is 4.70. The highest BCUT2D eigenvalue weighted by Crippen LogP contribution is 2.19. The van der Waals surface area contributed by atoms with Crippen LogP contribution in [0.25, 0.3) is 5.76 Å². The van der Waals surface area contributed by atoms with Crippen molar-refractivity contribution in [1.82, 2.24) is 9.97 Å². The van der Waals surface area contributed by atoms with Gasteiger partial charge in [0, 0.05) is 23.9 Å². The number of carboxylic acids is 1. The summed E-state index contributed by atoms with van der Waals surface area (Å²) < 4.78 is 0. The minimum Gasteiger partial charge on any atom is -0.505 e. The third-order valence-electron chi connectivity index (χ3n) is 2.15. The number of allylic oxidation sites excluding steroid dienone is 1. The van der Waals surface area contributed by atoms with E-state index in [4.69, 9.17) is 5.11 Å². The molecule has 0 saturated carbocycles. The third kappa shape index (κ3) is 3.13. The molecule has 6 nitrogen and oxygen atoms in total. The van der Waals surface area contributed by atoms with Gasteiger partial charge in [0.2, 0.25) is 0 Å². The topological polar surface area (TPSA) is 100 Å². The average Bonchev–Trinajstić information content (AvgIpc) is 2.27. The Morgan fingerprint density at radius 3 is 2.06 bits per heavy atom. The summed E-state index contributed by atoms with van der Waals surface area (Å²) in [7, 11) is 0. The molecule has 0 aromatic carbocycles. The molecule has 18 heavy (non-hydrogen) atoms. The lowest BCUT2D eigenvalue weighted by Gasteiger charge is -2.13. The molecular weight excluding hydrogens is 236 g/mol. The van der Waals surface area contributed by atoms with Gasteiger partial charge in [0.25, 0.3) is 0 Å². The molecule has 0 aliphatic carbocycles. The number of aromatic carboxylic acids is 1. The van der Waals surface area contributed by atoms with Crippen LogP contribution < -0.4 is 0 Å². The van der Waals surface area contributed by atoms with Crippen LogP contribution in [0.3, 0.4) is 0 Å². The van der Waals surface area contributed by atoms with Crippen molar-refractivity contribution < 1.29 is 19.8 Å². The largest absolute Gasteiger partial charge is 0.505 e. The quantitative estimate of drug-likeness (QED) is 0.625. The van der Waals surface area contributed by atoms with E-state index in [1.54, 1.807) is 20.8 Å². The highest BCUT2D eigenvalue weighted by atomic mass is 16.4. The molecule has 0 bridgehead atoms. The number of hydrogen-bond acceptors (Lipinski definition) is 5. The summed E-state index contributed by atoms with van der Waals surface area (Å²) in [5.74, 6) is -2.15. The van der Waals surface area contributed by atoms with Gasteiger partial charge >= 0.3 is 5.97 Å². The van der Waals surface area contributed by atoms with Gasteiger partial charge in [-0.3, -0.25) is 4.79 Å². The van der Waals surface area contributed by atoms with Gasteiger partial charge in [-0.1, -0.05) is 20.8 Å². The van der Waals surface area contributed by atoms with E-state index in [1.165, 1.54) is 12.4 Å². The van der Waals surface area contributed by atoms with Crippen LogP contribution in [0.4, 0.5) is 0 Å². The molecule has 0 fully saturated rings. The van der Waals surface area contributed by atoms with Crippen molar-refractivity contribution >= 4 is 17.5 Å². The highest BCUT2D eigenvalue weighted by Gasteiger charge is 2.22. The molecule has 0 saturated heterocycles. The second-order valence-corrected chi connectivity index (χ2v) is 4.70. The predicted molar refractivity (Wildman–Crippen MR) is 64.1 cm³/mol. The molecule has 96 valence electrons. The normalized spacial score (nSPS) is 12.3. The summed E-state index contributed by atoms with van der Waals surface area (Å²) in [5.41, 5.74) is -1.28. The van der Waals surface area contributed by atoms with Gasteiger partial charge in [0.15, 0.2) is 11.5 Å². The molecule has 0 aliphatic rings. The molecule has 1 aromatic heterocycles. The van der Waals surface area contributed by atoms with Crippen molar-refractivity contribution in [1.29, 1.82) is 0 Å². The first-order valence-electron chi connectivity index (χ1n) is 5.23. The number of aromatic nitrogens is 2. The Morgan fingerprint density at radius 1 is 1.11 bits per heavy atom. The smallest absolute Gasteiger partial charge is 0.356 e. The van der Waals surface area contributed by atoms with E-state index in [2.05, 4.69) is 9.97 Å². The van der Waals surface area contributed by atoms with Gasteiger partial charge in [-0.15, -0.1) is 0 Å². The van der Waals surface area contributed by atoms with Crippen LogP contribution in [0, 0.1) is 5.41 Å². The van der Waals surface area contributed by atoms with Crippen molar-refractivity contribution in [3.8, 4) is 0 Å². The van der Waals surface area contributed by atoms with Crippen LogP contribution in [0.1, 0.15) is 37.0 Å². The number of nitrogens with zero attached hydrogens (tertiary/aromatic N) is 2. The standard InChI is InChI=1S/C12H14N2O4/c1-12(2,3)8(16)6-7(15)9-10(11(17)18)14-5-4-13-9/h4-6,15H,1-3H3,(H,17,18)/b7-6-. The maximum absolute atomic E-state index is 11.7. The fourth-order valence-electron chi connectivity index (χ4n) is 1.09. The molecular formula is C12H14N2O4. The zero-order chi connectivity index (χ0) is 13.9. The van der Waals surface area contributed by atoms with Gasteiger partial charge in [-0.05, 0) is 0 Å². The molecule has 0 atom stereocenters. The monoisotopic (exact) mass is 250 g/mol. The maximum atomic E-state index is 11.7. The summed E-state index contributed by atoms with van der Waals surface area (Å²) in [6.07, 6.45) is 3.41. The Hall–Kier alpha value is -2.24. The van der Waals surface area contributed by atoms with Gasteiger partial charge in [0.1, 0.15) is 11.5 Å². The Balaban J connectivity index is 3.20. The van der Waals surface area contributed by atoms with Gasteiger partial charge < -0.3 is 10.2 Å². The first-order chi connectivity index (χ1) is 8.23. The number of carboxylic acid groups (broad SMARTS) is 1. The summed E-state index contributed by atoms with van der Waals surface area (Å²) in [6, 6.07) is 0. The van der Waals surface area contributed by atoms with Gasteiger partial charge in [-0.2, -0.15) is 0 Å². The van der Waals surface area contributed by atoms with Crippen LogP contribution in [-0.4, -0.2) is 31.9 Å². The van der Waals surface area contributed by atoms with Crippen molar-refractivity contribution in [3.63, 3.8) is 0 Å². The first-order valence-corrected chi connectivity index (χ1v) is 5.23. The lowest BCUT2D eigenvalue weighted by Crippen LogP contribution is -2.18. The summed E-state index contributed by atoms with van der Waals surface area (Å²) in [6.45, 7) is 5.07. The van der Waals surface area contributed by atoms with Crippen molar-refractivity contribution in [2.45, 2.75) is 20.8 Å². The van der Waals surface area contributed by atoms with E-state index >= 15 is 0 Å². The van der Waals surface area contributed by atoms with Crippen LogP contribution in [0.2, 0.25) is 0 Å². The molecule has 0 amide bonds. The van der Waals surface area contributed by atoms with Crippen LogP contribution >= 0.6 is 0 Å². The molecule has 0 unspecified atom stereocenters. The van der Waals surface area contributed by atoms with E-state index in [9.17, 15) is 14.7 Å². The molecule has 1 heterocycles. The van der Waals surface area contributed by atoms with Crippen molar-refractivity contribution in [2.75, 3.05) is 0 Å². The Bertz CT molecular complexity index is 515. The first kappa shape index (κ1) is 13.8. The Morgan fingerprint density at radius 2 is 1.61 bits per heavy atom. The van der Waals surface area contributed by atoms with Crippen molar-refractivity contribution in [3.05, 3.63) is 29.9 Å². The number of aliphatic hydroxyl groups excluding tert-OH is 1. The van der Waals surface area contributed by atoms with E-state index in [1.807, 2.05) is 0 Å². The number of ketones is 1. The second kappa shape index (κ2) is 4.95. The van der Waals surface area contributed by atoms with Gasteiger partial charge in [-0.25, -0.2) is 14.8 Å². The lowest BCUT2D eigenvalue weighted by molar-refractivity contribution is -0.121. The minimum absolute atomic E-state index is 0.220. The fraction of sp³-hybridized carbons (Fsp3) is 0.333. The third-order valence-corrected chi connectivity index (χ3v) is 2.15. The minimum atomic E-state index is -1.32. The number of carbonyl (C=O) groups is 2. The molecule has 2 N–H and O–H groups in total. The summed E-state index contributed by atoms with van der Waals surface area (Å²) >= 11 is 0. The highest BCUT2D eigenvalue weighted by molar-refractivity contribution is 6.00. The van der Waals surface area contributed by atoms with E-state index < -0.39 is 22.8 Å². The van der Waals surface area contributed by atoms with E-state index in [0.717, 1.165) is 6.08 Å². The number of carbonyl (C=O) groups excluding carboxylic acids is 1. The zero-order valence-corrected chi connectivity index (χ0v) is 10.3. The number of aliphatic hydroxyl groups is 1. The molecule has 6 heteroatoms. The predicted octanol–water partition coefficient (Wildman–Crippen LogP) is 1.69. The van der Waals surface area contributed by atoms with Crippen LogP contribution in [0.15, 0.2) is 18.5 Å². The van der Waals surface area contributed by atoms with E-state index in [-0.39, 0.29) is 11.5 Å². The van der Waals surface area contributed by atoms with E-state index in [0.29, 0.717) is 0 Å². The Kier molecular flexibility index (Phi) is 3.80. The molecule has 0 spiro atoms. The Labute approximate surface area is 104 Å². The molecule has 1 rings (SSSR count). The summed E-state index contributed by atoms with van der Waals surface area (Å²) in [5, 5.41) is 18.6. The van der Waals surface area contributed by atoms with Crippen LogP contribution in [-0.2, 0) is 4.79 Å².